The molecule has 0 unspecified atom stereocenters. The van der Waals surface area contributed by atoms with Crippen LogP contribution in [0.25, 0.3) is 0 Å². The Labute approximate surface area is 104 Å². The van der Waals surface area contributed by atoms with Crippen molar-refractivity contribution in [2.75, 3.05) is 5.75 Å². The Balaban J connectivity index is 1.94. The van der Waals surface area contributed by atoms with Crippen molar-refractivity contribution in [1.29, 1.82) is 0 Å². The van der Waals surface area contributed by atoms with Crippen molar-refractivity contribution in [3.05, 3.63) is 16.5 Å². The van der Waals surface area contributed by atoms with E-state index in [2.05, 4.69) is 9.97 Å². The number of halogens is 2. The molecule has 82 valence electrons. The molecule has 15 heavy (non-hydrogen) atoms. The van der Waals surface area contributed by atoms with Gasteiger partial charge in [0.1, 0.15) is 5.03 Å². The monoisotopic (exact) mass is 262 g/mol. The maximum atomic E-state index is 5.98. The predicted molar refractivity (Wildman–Crippen MR) is 64.7 cm³/mol. The van der Waals surface area contributed by atoms with Crippen molar-refractivity contribution in [3.8, 4) is 0 Å². The molecule has 1 aliphatic rings. The van der Waals surface area contributed by atoms with E-state index in [0.717, 1.165) is 16.7 Å². The van der Waals surface area contributed by atoms with E-state index in [1.807, 2.05) is 0 Å². The lowest BCUT2D eigenvalue weighted by molar-refractivity contribution is 0.623. The molecular formula is C10H12Cl2N2S. The molecule has 0 atom stereocenters. The van der Waals surface area contributed by atoms with Crippen LogP contribution in [0.4, 0.5) is 0 Å². The van der Waals surface area contributed by atoms with Gasteiger partial charge in [-0.1, -0.05) is 24.4 Å². The Kier molecular flexibility index (Phi) is 4.12. The van der Waals surface area contributed by atoms with Crippen LogP contribution in [0.3, 0.4) is 0 Å². The zero-order chi connectivity index (χ0) is 10.7. The van der Waals surface area contributed by atoms with Gasteiger partial charge in [0, 0.05) is 5.75 Å². The molecule has 1 heterocycles. The fourth-order valence-electron chi connectivity index (χ4n) is 1.81. The van der Waals surface area contributed by atoms with Crippen LogP contribution in [0.5, 0.6) is 0 Å². The number of thioether (sulfide) groups is 1. The van der Waals surface area contributed by atoms with E-state index in [0.29, 0.717) is 5.02 Å². The van der Waals surface area contributed by atoms with Crippen LogP contribution in [-0.4, -0.2) is 15.7 Å². The first-order chi connectivity index (χ1) is 7.25. The molecule has 1 aromatic heterocycles. The Morgan fingerprint density at radius 2 is 2.07 bits per heavy atom. The second-order valence-electron chi connectivity index (χ2n) is 3.75. The summed E-state index contributed by atoms with van der Waals surface area (Å²) < 4.78 is 0. The summed E-state index contributed by atoms with van der Waals surface area (Å²) in [5.41, 5.74) is 0. The molecule has 0 saturated heterocycles. The zero-order valence-corrected chi connectivity index (χ0v) is 10.6. The van der Waals surface area contributed by atoms with Crippen LogP contribution in [0.2, 0.25) is 10.3 Å². The summed E-state index contributed by atoms with van der Waals surface area (Å²) in [6.07, 6.45) is 6.97. The first-order valence-electron chi connectivity index (χ1n) is 5.06. The van der Waals surface area contributed by atoms with Gasteiger partial charge < -0.3 is 0 Å². The lowest BCUT2D eigenvalue weighted by atomic mass is 10.1. The maximum absolute atomic E-state index is 5.98. The van der Waals surface area contributed by atoms with E-state index in [1.54, 1.807) is 18.0 Å². The highest BCUT2D eigenvalue weighted by Crippen LogP contribution is 2.32. The molecule has 1 aromatic rings. The van der Waals surface area contributed by atoms with E-state index in [-0.39, 0.29) is 5.28 Å². The van der Waals surface area contributed by atoms with Gasteiger partial charge >= 0.3 is 0 Å². The summed E-state index contributed by atoms with van der Waals surface area (Å²) >= 11 is 13.4. The van der Waals surface area contributed by atoms with Crippen molar-refractivity contribution < 1.29 is 0 Å². The standard InChI is InChI=1S/C10H12Cl2N2S/c11-8-5-13-10(12)14-9(8)15-6-7-3-1-2-4-7/h5,7H,1-4,6H2. The Hall–Kier alpha value is 0.01000. The van der Waals surface area contributed by atoms with Crippen LogP contribution in [0, 0.1) is 5.92 Å². The summed E-state index contributed by atoms with van der Waals surface area (Å²) in [5.74, 6) is 1.91. The molecule has 0 aliphatic heterocycles. The summed E-state index contributed by atoms with van der Waals surface area (Å²) in [7, 11) is 0. The molecule has 1 fully saturated rings. The molecule has 0 bridgehead atoms. The molecule has 0 amide bonds. The third-order valence-electron chi connectivity index (χ3n) is 2.61. The average molecular weight is 263 g/mol. The van der Waals surface area contributed by atoms with Gasteiger partial charge in [0.25, 0.3) is 0 Å². The predicted octanol–water partition coefficient (Wildman–Crippen LogP) is 4.07. The highest BCUT2D eigenvalue weighted by molar-refractivity contribution is 7.99. The van der Waals surface area contributed by atoms with Crippen LogP contribution < -0.4 is 0 Å². The van der Waals surface area contributed by atoms with Gasteiger partial charge in [-0.25, -0.2) is 9.97 Å². The van der Waals surface area contributed by atoms with Crippen molar-refractivity contribution in [3.63, 3.8) is 0 Å². The zero-order valence-electron chi connectivity index (χ0n) is 8.25. The topological polar surface area (TPSA) is 25.8 Å². The quantitative estimate of drug-likeness (QED) is 0.467. The van der Waals surface area contributed by atoms with E-state index in [1.165, 1.54) is 25.7 Å². The molecule has 1 saturated carbocycles. The summed E-state index contributed by atoms with van der Waals surface area (Å²) in [6, 6.07) is 0. The van der Waals surface area contributed by atoms with Crippen molar-refractivity contribution in [2.24, 2.45) is 5.92 Å². The molecule has 2 nitrogen and oxygen atoms in total. The van der Waals surface area contributed by atoms with Crippen molar-refractivity contribution in [2.45, 2.75) is 30.7 Å². The number of rotatable bonds is 3. The van der Waals surface area contributed by atoms with Gasteiger partial charge in [0.05, 0.1) is 11.2 Å². The lowest BCUT2D eigenvalue weighted by Gasteiger charge is -2.08. The van der Waals surface area contributed by atoms with Crippen LogP contribution in [-0.2, 0) is 0 Å². The Morgan fingerprint density at radius 3 is 2.80 bits per heavy atom. The number of hydrogen-bond donors (Lipinski definition) is 0. The summed E-state index contributed by atoms with van der Waals surface area (Å²) in [6.45, 7) is 0. The van der Waals surface area contributed by atoms with Gasteiger partial charge in [-0.05, 0) is 30.4 Å². The van der Waals surface area contributed by atoms with Crippen LogP contribution in [0.15, 0.2) is 11.2 Å². The number of aromatic nitrogens is 2. The van der Waals surface area contributed by atoms with E-state index in [9.17, 15) is 0 Å². The van der Waals surface area contributed by atoms with E-state index in [4.69, 9.17) is 23.2 Å². The minimum atomic E-state index is 0.272. The summed E-state index contributed by atoms with van der Waals surface area (Å²) in [4.78, 5) is 7.95. The third-order valence-corrected chi connectivity index (χ3v) is 4.41. The van der Waals surface area contributed by atoms with Gasteiger partial charge in [0.15, 0.2) is 0 Å². The molecule has 5 heteroatoms. The normalized spacial score (nSPS) is 17.2. The summed E-state index contributed by atoms with van der Waals surface area (Å²) in [5, 5.41) is 1.68. The SMILES string of the molecule is Clc1ncc(Cl)c(SCC2CCCC2)n1. The number of hydrogen-bond acceptors (Lipinski definition) is 3. The van der Waals surface area contributed by atoms with Crippen LogP contribution in [0.1, 0.15) is 25.7 Å². The maximum Gasteiger partial charge on any atom is 0.223 e. The first-order valence-corrected chi connectivity index (χ1v) is 6.80. The van der Waals surface area contributed by atoms with Gasteiger partial charge in [-0.2, -0.15) is 0 Å². The second kappa shape index (κ2) is 5.37. The number of nitrogens with zero attached hydrogens (tertiary/aromatic N) is 2. The molecule has 2 rings (SSSR count). The molecule has 0 radical (unpaired) electrons. The first kappa shape index (κ1) is 11.5. The smallest absolute Gasteiger partial charge is 0.223 e. The molecule has 0 N–H and O–H groups in total. The Bertz CT molecular complexity index is 340. The highest BCUT2D eigenvalue weighted by Gasteiger charge is 2.16. The highest BCUT2D eigenvalue weighted by atomic mass is 35.5. The average Bonchev–Trinajstić information content (AvgIpc) is 2.72. The minimum absolute atomic E-state index is 0.272. The Morgan fingerprint density at radius 1 is 1.33 bits per heavy atom. The van der Waals surface area contributed by atoms with Crippen molar-refractivity contribution in [1.82, 2.24) is 9.97 Å². The van der Waals surface area contributed by atoms with Crippen molar-refractivity contribution >= 4 is 35.0 Å². The molecule has 0 aromatic carbocycles. The van der Waals surface area contributed by atoms with Gasteiger partial charge in [0.2, 0.25) is 5.28 Å². The molecule has 1 aliphatic carbocycles. The fourth-order valence-corrected chi connectivity index (χ4v) is 3.31. The second-order valence-corrected chi connectivity index (χ2v) is 5.51. The molecular weight excluding hydrogens is 251 g/mol. The minimum Gasteiger partial charge on any atom is -0.225 e. The van der Waals surface area contributed by atoms with Gasteiger partial charge in [-0.15, -0.1) is 11.8 Å². The molecule has 0 spiro atoms. The lowest BCUT2D eigenvalue weighted by Crippen LogP contribution is -1.97. The largest absolute Gasteiger partial charge is 0.225 e. The van der Waals surface area contributed by atoms with E-state index >= 15 is 0 Å². The van der Waals surface area contributed by atoms with Gasteiger partial charge in [-0.3, -0.25) is 0 Å². The van der Waals surface area contributed by atoms with Crippen LogP contribution >= 0.6 is 35.0 Å². The van der Waals surface area contributed by atoms with E-state index < -0.39 is 0 Å². The fraction of sp³-hybridized carbons (Fsp3) is 0.600. The third kappa shape index (κ3) is 3.23.